The van der Waals surface area contributed by atoms with E-state index in [-0.39, 0.29) is 11.9 Å². The van der Waals surface area contributed by atoms with Crippen molar-refractivity contribution in [1.29, 1.82) is 0 Å². The number of hydrogen-bond donors (Lipinski definition) is 2. The second kappa shape index (κ2) is 5.67. The van der Waals surface area contributed by atoms with E-state index in [0.717, 1.165) is 5.56 Å². The number of hydrogen-bond acceptors (Lipinski definition) is 2. The quantitative estimate of drug-likeness (QED) is 0.666. The van der Waals surface area contributed by atoms with Crippen molar-refractivity contribution < 1.29 is 4.39 Å². The summed E-state index contributed by atoms with van der Waals surface area (Å²) in [6, 6.07) is 10.9. The van der Waals surface area contributed by atoms with Crippen molar-refractivity contribution in [3.8, 4) is 0 Å². The highest BCUT2D eigenvalue weighted by Gasteiger charge is 2.16. The number of hydrazine groups is 1. The van der Waals surface area contributed by atoms with Crippen LogP contribution in [0.5, 0.6) is 0 Å². The molecule has 94 valence electrons. The lowest BCUT2D eigenvalue weighted by Crippen LogP contribution is -2.29. The van der Waals surface area contributed by atoms with E-state index in [4.69, 9.17) is 29.0 Å². The van der Waals surface area contributed by atoms with Gasteiger partial charge in [0.15, 0.2) is 0 Å². The van der Waals surface area contributed by atoms with Gasteiger partial charge in [-0.2, -0.15) is 0 Å². The van der Waals surface area contributed by atoms with Crippen LogP contribution in [0, 0.1) is 5.82 Å². The molecule has 0 radical (unpaired) electrons. The van der Waals surface area contributed by atoms with Gasteiger partial charge in [-0.15, -0.1) is 0 Å². The molecule has 2 aromatic carbocycles. The molecule has 1 atom stereocenters. The van der Waals surface area contributed by atoms with E-state index in [1.807, 2.05) is 0 Å². The molecule has 0 aliphatic rings. The molecule has 0 amide bonds. The van der Waals surface area contributed by atoms with Crippen LogP contribution in [0.1, 0.15) is 17.2 Å². The van der Waals surface area contributed by atoms with Crippen LogP contribution in [-0.4, -0.2) is 0 Å². The summed E-state index contributed by atoms with van der Waals surface area (Å²) in [6.45, 7) is 0. The van der Waals surface area contributed by atoms with Gasteiger partial charge in [0.2, 0.25) is 0 Å². The molecule has 0 saturated carbocycles. The molecule has 0 aliphatic heterocycles. The summed E-state index contributed by atoms with van der Waals surface area (Å²) in [4.78, 5) is 0. The topological polar surface area (TPSA) is 38.0 Å². The van der Waals surface area contributed by atoms with E-state index >= 15 is 0 Å². The molecule has 0 bridgehead atoms. The fraction of sp³-hybridized carbons (Fsp3) is 0.0769. The predicted molar refractivity (Wildman–Crippen MR) is 72.0 cm³/mol. The molecule has 0 saturated heterocycles. The Morgan fingerprint density at radius 2 is 1.89 bits per heavy atom. The first-order valence-electron chi connectivity index (χ1n) is 5.28. The van der Waals surface area contributed by atoms with Crippen molar-refractivity contribution in [1.82, 2.24) is 5.43 Å². The zero-order chi connectivity index (χ0) is 13.1. The van der Waals surface area contributed by atoms with Gasteiger partial charge in [0.05, 0.1) is 6.04 Å². The maximum absolute atomic E-state index is 13.2. The summed E-state index contributed by atoms with van der Waals surface area (Å²) in [6.07, 6.45) is 0. The van der Waals surface area contributed by atoms with Crippen LogP contribution in [0.15, 0.2) is 42.5 Å². The van der Waals surface area contributed by atoms with Crippen LogP contribution < -0.4 is 11.3 Å². The molecular weight excluding hydrogens is 274 g/mol. The maximum atomic E-state index is 13.2. The van der Waals surface area contributed by atoms with Gasteiger partial charge in [-0.1, -0.05) is 41.4 Å². The van der Waals surface area contributed by atoms with Crippen molar-refractivity contribution in [3.63, 3.8) is 0 Å². The minimum absolute atomic E-state index is 0.321. The molecule has 0 spiro atoms. The van der Waals surface area contributed by atoms with Crippen LogP contribution in [0.25, 0.3) is 0 Å². The highest BCUT2D eigenvalue weighted by Crippen LogP contribution is 2.30. The molecule has 0 aliphatic carbocycles. The number of halogens is 3. The maximum Gasteiger partial charge on any atom is 0.123 e. The van der Waals surface area contributed by atoms with Crippen molar-refractivity contribution >= 4 is 23.2 Å². The van der Waals surface area contributed by atoms with Gasteiger partial charge in [-0.05, 0) is 35.4 Å². The van der Waals surface area contributed by atoms with Crippen molar-refractivity contribution in [2.45, 2.75) is 6.04 Å². The Kier molecular flexibility index (Phi) is 4.19. The van der Waals surface area contributed by atoms with Crippen molar-refractivity contribution in [2.24, 2.45) is 5.84 Å². The molecule has 0 aromatic heterocycles. The van der Waals surface area contributed by atoms with E-state index in [0.29, 0.717) is 15.6 Å². The van der Waals surface area contributed by atoms with E-state index in [1.165, 1.54) is 12.1 Å². The Balaban J connectivity index is 2.45. The van der Waals surface area contributed by atoms with Crippen LogP contribution in [0.4, 0.5) is 4.39 Å². The normalized spacial score (nSPS) is 12.4. The number of benzene rings is 2. The largest absolute Gasteiger partial charge is 0.271 e. The minimum Gasteiger partial charge on any atom is -0.271 e. The monoisotopic (exact) mass is 284 g/mol. The van der Waals surface area contributed by atoms with Crippen LogP contribution in [-0.2, 0) is 0 Å². The third kappa shape index (κ3) is 2.82. The SMILES string of the molecule is NNC(c1cccc(F)c1)c1ccc(Cl)cc1Cl. The number of nitrogens with one attached hydrogen (secondary N) is 1. The zero-order valence-corrected chi connectivity index (χ0v) is 10.8. The lowest BCUT2D eigenvalue weighted by molar-refractivity contribution is 0.605. The lowest BCUT2D eigenvalue weighted by atomic mass is 9.99. The molecule has 1 unspecified atom stereocenters. The highest BCUT2D eigenvalue weighted by atomic mass is 35.5. The molecule has 2 nitrogen and oxygen atoms in total. The smallest absolute Gasteiger partial charge is 0.123 e. The van der Waals surface area contributed by atoms with Crippen molar-refractivity contribution in [3.05, 3.63) is 69.5 Å². The molecule has 18 heavy (non-hydrogen) atoms. The van der Waals surface area contributed by atoms with Crippen molar-refractivity contribution in [2.75, 3.05) is 0 Å². The summed E-state index contributed by atoms with van der Waals surface area (Å²) in [5.41, 5.74) is 4.07. The number of nitrogens with two attached hydrogens (primary N) is 1. The van der Waals surface area contributed by atoms with Crippen LogP contribution >= 0.6 is 23.2 Å². The zero-order valence-electron chi connectivity index (χ0n) is 9.33. The first kappa shape index (κ1) is 13.3. The summed E-state index contributed by atoms with van der Waals surface area (Å²) in [5.74, 6) is 5.21. The van der Waals surface area contributed by atoms with Gasteiger partial charge >= 0.3 is 0 Å². The Morgan fingerprint density at radius 1 is 1.11 bits per heavy atom. The molecule has 5 heteroatoms. The van der Waals surface area contributed by atoms with Gasteiger partial charge in [0.25, 0.3) is 0 Å². The summed E-state index contributed by atoms with van der Waals surface area (Å²) in [5, 5.41) is 1.02. The van der Waals surface area contributed by atoms with Gasteiger partial charge in [-0.3, -0.25) is 5.84 Å². The summed E-state index contributed by atoms with van der Waals surface area (Å²) in [7, 11) is 0. The van der Waals surface area contributed by atoms with E-state index in [2.05, 4.69) is 5.43 Å². The van der Waals surface area contributed by atoms with Crippen LogP contribution in [0.3, 0.4) is 0 Å². The first-order valence-corrected chi connectivity index (χ1v) is 6.04. The summed E-state index contributed by atoms with van der Waals surface area (Å²) >= 11 is 12.0. The Morgan fingerprint density at radius 3 is 2.50 bits per heavy atom. The third-order valence-corrected chi connectivity index (χ3v) is 3.18. The van der Waals surface area contributed by atoms with Gasteiger partial charge in [0, 0.05) is 10.0 Å². The highest BCUT2D eigenvalue weighted by molar-refractivity contribution is 6.35. The van der Waals surface area contributed by atoms with Crippen LogP contribution in [0.2, 0.25) is 10.0 Å². The van der Waals surface area contributed by atoms with E-state index in [9.17, 15) is 4.39 Å². The fourth-order valence-corrected chi connectivity index (χ4v) is 2.30. The van der Waals surface area contributed by atoms with Gasteiger partial charge < -0.3 is 0 Å². The Hall–Kier alpha value is -1.13. The number of rotatable bonds is 3. The summed E-state index contributed by atoms with van der Waals surface area (Å²) < 4.78 is 13.2. The molecule has 0 heterocycles. The average Bonchev–Trinajstić information content (AvgIpc) is 2.33. The lowest BCUT2D eigenvalue weighted by Gasteiger charge is -2.18. The molecular formula is C13H11Cl2FN2. The third-order valence-electron chi connectivity index (χ3n) is 2.62. The molecule has 3 N–H and O–H groups in total. The second-order valence-electron chi connectivity index (χ2n) is 3.82. The standard InChI is InChI=1S/C13H11Cl2FN2/c14-9-4-5-11(12(15)7-9)13(18-17)8-2-1-3-10(16)6-8/h1-7,13,18H,17H2. The first-order chi connectivity index (χ1) is 8.61. The predicted octanol–water partition coefficient (Wildman–Crippen LogP) is 3.69. The average molecular weight is 285 g/mol. The molecule has 0 fully saturated rings. The van der Waals surface area contributed by atoms with E-state index in [1.54, 1.807) is 30.3 Å². The Labute approximate surface area is 114 Å². The van der Waals surface area contributed by atoms with Gasteiger partial charge in [-0.25, -0.2) is 9.82 Å². The van der Waals surface area contributed by atoms with Gasteiger partial charge in [0.1, 0.15) is 5.82 Å². The minimum atomic E-state index is -0.384. The molecule has 2 rings (SSSR count). The Bertz CT molecular complexity index is 560. The van der Waals surface area contributed by atoms with E-state index < -0.39 is 0 Å². The molecule has 2 aromatic rings. The second-order valence-corrected chi connectivity index (χ2v) is 4.66. The fourth-order valence-electron chi connectivity index (χ4n) is 1.79.